The Morgan fingerprint density at radius 1 is 1.08 bits per heavy atom. The van der Waals surface area contributed by atoms with Crippen molar-refractivity contribution in [3.05, 3.63) is 56.9 Å². The smallest absolute Gasteiger partial charge is 0.336 e. The van der Waals surface area contributed by atoms with Gasteiger partial charge in [-0.15, -0.1) is 0 Å². The van der Waals surface area contributed by atoms with E-state index in [0.717, 1.165) is 30.4 Å². The number of nitrogens with one attached hydrogen (secondary N) is 2. The minimum Gasteiger partial charge on any atom is -0.494 e. The molecule has 5 N–H and O–H groups in total. The molecule has 0 saturated heterocycles. The molecule has 2 amide bonds. The number of H-pyrrole nitrogens is 1. The fourth-order valence-corrected chi connectivity index (χ4v) is 2.03. The fraction of sp³-hybridized carbons (Fsp3) is 0. The van der Waals surface area contributed by atoms with E-state index in [4.69, 9.17) is 10.2 Å². The number of amides is 2. The van der Waals surface area contributed by atoms with Crippen molar-refractivity contribution in [1.82, 2.24) is 10.3 Å². The monoisotopic (exact) mass is 346 g/mol. The maximum atomic E-state index is 11.7. The third kappa shape index (κ3) is 3.69. The molecule has 0 atom stereocenters. The highest BCUT2D eigenvalue weighted by Crippen LogP contribution is 2.20. The number of aromatic carboxylic acids is 1. The summed E-state index contributed by atoms with van der Waals surface area (Å²) in [5, 5.41) is 29.6. The number of allylic oxidation sites excluding steroid dienone is 2. The van der Waals surface area contributed by atoms with Crippen LogP contribution >= 0.6 is 0 Å². The molecule has 0 fully saturated rings. The van der Waals surface area contributed by atoms with E-state index < -0.39 is 46.3 Å². The lowest BCUT2D eigenvalue weighted by Crippen LogP contribution is -2.36. The first-order chi connectivity index (χ1) is 11.7. The lowest BCUT2D eigenvalue weighted by Gasteiger charge is -2.12. The van der Waals surface area contributed by atoms with Crippen molar-refractivity contribution in [2.24, 2.45) is 0 Å². The highest BCUT2D eigenvalue weighted by molar-refractivity contribution is 6.21. The number of aromatic hydroxyl groups is 1. The van der Waals surface area contributed by atoms with E-state index in [1.165, 1.54) is 0 Å². The molecule has 0 radical (unpaired) electrons. The second kappa shape index (κ2) is 6.66. The van der Waals surface area contributed by atoms with Crippen LogP contribution in [0.3, 0.4) is 0 Å². The Labute approximate surface area is 138 Å². The van der Waals surface area contributed by atoms with Crippen molar-refractivity contribution in [3.63, 3.8) is 0 Å². The summed E-state index contributed by atoms with van der Waals surface area (Å²) in [6.45, 7) is 0. The van der Waals surface area contributed by atoms with Crippen molar-refractivity contribution in [1.29, 1.82) is 0 Å². The molecule has 1 aliphatic rings. The average Bonchev–Trinajstić information content (AvgIpc) is 2.49. The van der Waals surface area contributed by atoms with Crippen LogP contribution in [0.15, 0.2) is 40.2 Å². The topological polar surface area (TPSA) is 174 Å². The van der Waals surface area contributed by atoms with Crippen LogP contribution < -0.4 is 10.9 Å². The van der Waals surface area contributed by atoms with E-state index in [0.29, 0.717) is 0 Å². The zero-order valence-corrected chi connectivity index (χ0v) is 12.3. The number of imide groups is 1. The molecule has 0 bridgehead atoms. The van der Waals surface area contributed by atoms with Gasteiger partial charge < -0.3 is 15.3 Å². The summed E-state index contributed by atoms with van der Waals surface area (Å²) >= 11 is 0. The molecule has 1 aromatic heterocycles. The van der Waals surface area contributed by atoms with E-state index in [-0.39, 0.29) is 11.1 Å². The number of carboxylic acid groups (broad SMARTS) is 2. The van der Waals surface area contributed by atoms with Crippen molar-refractivity contribution in [2.45, 2.75) is 0 Å². The second-order valence-corrected chi connectivity index (χ2v) is 4.74. The number of hydrogen-bond donors (Lipinski definition) is 5. The molecule has 10 nitrogen and oxygen atoms in total. The van der Waals surface area contributed by atoms with E-state index in [1.807, 2.05) is 10.3 Å². The summed E-state index contributed by atoms with van der Waals surface area (Å²) in [6, 6.07) is 0.753. The molecule has 25 heavy (non-hydrogen) atoms. The summed E-state index contributed by atoms with van der Waals surface area (Å²) in [5.74, 6) is -5.51. The molecule has 0 saturated carbocycles. The number of carbonyl (C=O) groups excluding carboxylic acids is 2. The summed E-state index contributed by atoms with van der Waals surface area (Å²) in [6.07, 6.45) is 3.91. The van der Waals surface area contributed by atoms with E-state index in [1.54, 1.807) is 0 Å². The number of aromatic amines is 1. The molecule has 0 unspecified atom stereocenters. The van der Waals surface area contributed by atoms with Gasteiger partial charge in [0.05, 0.1) is 16.7 Å². The minimum atomic E-state index is -1.50. The molecule has 2 rings (SSSR count). The minimum absolute atomic E-state index is 0.253. The van der Waals surface area contributed by atoms with Gasteiger partial charge in [-0.25, -0.2) is 9.59 Å². The van der Waals surface area contributed by atoms with E-state index in [2.05, 4.69) is 0 Å². The third-order valence-electron chi connectivity index (χ3n) is 3.10. The van der Waals surface area contributed by atoms with Gasteiger partial charge >= 0.3 is 11.9 Å². The first kappa shape index (κ1) is 17.4. The van der Waals surface area contributed by atoms with E-state index >= 15 is 0 Å². The van der Waals surface area contributed by atoms with Crippen molar-refractivity contribution >= 4 is 29.8 Å². The maximum absolute atomic E-state index is 11.7. The van der Waals surface area contributed by atoms with Crippen LogP contribution in [0, 0.1) is 0 Å². The van der Waals surface area contributed by atoms with Crippen LogP contribution in [0.4, 0.5) is 0 Å². The molecule has 2 heterocycles. The Morgan fingerprint density at radius 2 is 1.76 bits per heavy atom. The molecule has 0 spiro atoms. The zero-order valence-electron chi connectivity index (χ0n) is 12.3. The Morgan fingerprint density at radius 3 is 2.36 bits per heavy atom. The van der Waals surface area contributed by atoms with Crippen LogP contribution in [0.1, 0.15) is 15.9 Å². The Balaban J connectivity index is 2.48. The molecule has 10 heteroatoms. The van der Waals surface area contributed by atoms with Crippen LogP contribution in [0.2, 0.25) is 0 Å². The summed E-state index contributed by atoms with van der Waals surface area (Å²) < 4.78 is 0. The lowest BCUT2D eigenvalue weighted by atomic mass is 10.0. The second-order valence-electron chi connectivity index (χ2n) is 4.74. The maximum Gasteiger partial charge on any atom is 0.336 e. The number of pyridine rings is 1. The van der Waals surface area contributed by atoms with Gasteiger partial charge in [-0.2, -0.15) is 0 Å². The molecule has 1 aliphatic heterocycles. The summed E-state index contributed by atoms with van der Waals surface area (Å²) in [7, 11) is 0. The van der Waals surface area contributed by atoms with E-state index in [9.17, 15) is 29.1 Å². The predicted octanol–water partition coefficient (Wildman–Crippen LogP) is -0.614. The van der Waals surface area contributed by atoms with Crippen LogP contribution in [0.5, 0.6) is 5.88 Å². The fourth-order valence-electron chi connectivity index (χ4n) is 2.03. The Kier molecular flexibility index (Phi) is 4.64. The molecule has 0 aliphatic carbocycles. The lowest BCUT2D eigenvalue weighted by molar-refractivity contribution is -0.134. The molecule has 128 valence electrons. The SMILES string of the molecule is O=C1C=C(C(=O)O)/C(=C/C=Cc2c(C(=O)O)cc(=O)[nH]c2O)C(=O)N1. The number of carbonyl (C=O) groups is 4. The summed E-state index contributed by atoms with van der Waals surface area (Å²) in [5.41, 5.74) is -2.45. The largest absolute Gasteiger partial charge is 0.494 e. The van der Waals surface area contributed by atoms with Crippen molar-refractivity contribution < 1.29 is 34.5 Å². The predicted molar refractivity (Wildman–Crippen MR) is 81.7 cm³/mol. The first-order valence-corrected chi connectivity index (χ1v) is 6.59. The highest BCUT2D eigenvalue weighted by atomic mass is 16.4. The number of aliphatic carboxylic acids is 1. The van der Waals surface area contributed by atoms with Crippen molar-refractivity contribution in [3.8, 4) is 5.88 Å². The zero-order chi connectivity index (χ0) is 18.7. The quantitative estimate of drug-likeness (QED) is 0.354. The van der Waals surface area contributed by atoms with Gasteiger partial charge in [-0.3, -0.25) is 24.7 Å². The molecular weight excluding hydrogens is 336 g/mol. The number of hydrogen-bond acceptors (Lipinski definition) is 6. The Bertz CT molecular complexity index is 949. The van der Waals surface area contributed by atoms with Gasteiger partial charge in [0.2, 0.25) is 0 Å². The Hall–Kier alpha value is -3.95. The van der Waals surface area contributed by atoms with Gasteiger partial charge in [0, 0.05) is 17.7 Å². The van der Waals surface area contributed by atoms with Gasteiger partial charge in [0.25, 0.3) is 17.4 Å². The molecule has 1 aromatic rings. The first-order valence-electron chi connectivity index (χ1n) is 6.59. The standard InChI is InChI=1S/C15H10N2O8/c18-10-4-8(14(22)23)6(12(20)16-10)2-1-3-7-9(15(24)25)5-11(19)17-13(7)21/h1-5H,(H,22,23)(H,24,25)(H,16,18,20)(H2,17,19,21)/b3-1?,6-2-. The number of carboxylic acids is 2. The number of rotatable bonds is 4. The third-order valence-corrected chi connectivity index (χ3v) is 3.10. The van der Waals surface area contributed by atoms with Gasteiger partial charge in [0.15, 0.2) is 5.88 Å². The highest BCUT2D eigenvalue weighted by Gasteiger charge is 2.26. The molecule has 0 aromatic carbocycles. The summed E-state index contributed by atoms with van der Waals surface area (Å²) in [4.78, 5) is 58.3. The van der Waals surface area contributed by atoms with Crippen molar-refractivity contribution in [2.75, 3.05) is 0 Å². The normalized spacial score (nSPS) is 16.0. The van der Waals surface area contributed by atoms with Crippen LogP contribution in [0.25, 0.3) is 6.08 Å². The average molecular weight is 346 g/mol. The van der Waals surface area contributed by atoms with Gasteiger partial charge in [-0.05, 0) is 12.2 Å². The van der Waals surface area contributed by atoms with Gasteiger partial charge in [-0.1, -0.05) is 6.08 Å². The molecular formula is C15H10N2O8. The number of aromatic nitrogens is 1. The van der Waals surface area contributed by atoms with Gasteiger partial charge in [0.1, 0.15) is 0 Å². The van der Waals surface area contributed by atoms with Crippen LogP contribution in [-0.2, 0) is 14.4 Å². The van der Waals surface area contributed by atoms with Crippen LogP contribution in [-0.4, -0.2) is 44.1 Å².